The SMILES string of the molecule is Cc1cc(NCc2cc(C(=O)O)c(C)o2)ccc1C(N)=O. The summed E-state index contributed by atoms with van der Waals surface area (Å²) < 4.78 is 5.37. The number of nitrogens with two attached hydrogens (primary N) is 1. The van der Waals surface area contributed by atoms with Gasteiger partial charge >= 0.3 is 5.97 Å². The number of aryl methyl sites for hydroxylation is 2. The number of furan rings is 1. The minimum atomic E-state index is -1.01. The Hall–Kier alpha value is -2.76. The molecular formula is C15H16N2O4. The zero-order valence-electron chi connectivity index (χ0n) is 11.8. The standard InChI is InChI=1S/C15H16N2O4/c1-8-5-10(3-4-12(8)14(16)18)17-7-11-6-13(15(19)20)9(2)21-11/h3-6,17H,7H2,1-2H3,(H2,16,18)(H,19,20). The van der Waals surface area contributed by atoms with E-state index < -0.39 is 11.9 Å². The lowest BCUT2D eigenvalue weighted by Gasteiger charge is -2.07. The monoisotopic (exact) mass is 288 g/mol. The molecule has 0 bridgehead atoms. The Labute approximate surface area is 121 Å². The number of rotatable bonds is 5. The number of hydrogen-bond donors (Lipinski definition) is 3. The first-order valence-corrected chi connectivity index (χ1v) is 6.35. The molecule has 1 aromatic carbocycles. The first-order valence-electron chi connectivity index (χ1n) is 6.35. The number of hydrogen-bond acceptors (Lipinski definition) is 4. The Morgan fingerprint density at radius 2 is 1.95 bits per heavy atom. The van der Waals surface area contributed by atoms with Gasteiger partial charge in [-0.25, -0.2) is 4.79 Å². The maximum Gasteiger partial charge on any atom is 0.339 e. The molecule has 0 spiro atoms. The van der Waals surface area contributed by atoms with Crippen molar-refractivity contribution in [1.29, 1.82) is 0 Å². The van der Waals surface area contributed by atoms with Gasteiger partial charge in [-0.3, -0.25) is 4.79 Å². The zero-order valence-corrected chi connectivity index (χ0v) is 11.8. The van der Waals surface area contributed by atoms with Crippen molar-refractivity contribution in [2.75, 3.05) is 5.32 Å². The Balaban J connectivity index is 2.10. The number of primary amides is 1. The molecular weight excluding hydrogens is 272 g/mol. The second-order valence-corrected chi connectivity index (χ2v) is 4.74. The van der Waals surface area contributed by atoms with Crippen LogP contribution in [-0.4, -0.2) is 17.0 Å². The van der Waals surface area contributed by atoms with Crippen molar-refractivity contribution in [3.05, 3.63) is 52.5 Å². The summed E-state index contributed by atoms with van der Waals surface area (Å²) in [4.78, 5) is 22.1. The molecule has 4 N–H and O–H groups in total. The third kappa shape index (κ3) is 3.22. The highest BCUT2D eigenvalue weighted by Gasteiger charge is 2.13. The van der Waals surface area contributed by atoms with Gasteiger partial charge < -0.3 is 20.6 Å². The molecule has 0 aliphatic heterocycles. The lowest BCUT2D eigenvalue weighted by Crippen LogP contribution is -2.12. The lowest BCUT2D eigenvalue weighted by molar-refractivity contribution is 0.0694. The van der Waals surface area contributed by atoms with Crippen LogP contribution < -0.4 is 11.1 Å². The van der Waals surface area contributed by atoms with E-state index in [0.29, 0.717) is 23.6 Å². The fraction of sp³-hybridized carbons (Fsp3) is 0.200. The molecule has 1 heterocycles. The van der Waals surface area contributed by atoms with E-state index in [0.717, 1.165) is 11.3 Å². The summed E-state index contributed by atoms with van der Waals surface area (Å²) >= 11 is 0. The van der Waals surface area contributed by atoms with E-state index >= 15 is 0 Å². The zero-order chi connectivity index (χ0) is 15.6. The molecule has 0 radical (unpaired) electrons. The minimum absolute atomic E-state index is 0.159. The van der Waals surface area contributed by atoms with Crippen molar-refractivity contribution >= 4 is 17.6 Å². The van der Waals surface area contributed by atoms with Crippen LogP contribution in [0.3, 0.4) is 0 Å². The van der Waals surface area contributed by atoms with Gasteiger partial charge in [0, 0.05) is 11.3 Å². The second kappa shape index (κ2) is 5.70. The van der Waals surface area contributed by atoms with Crippen LogP contribution in [0.4, 0.5) is 5.69 Å². The fourth-order valence-electron chi connectivity index (χ4n) is 2.08. The van der Waals surface area contributed by atoms with Crippen LogP contribution in [0.1, 0.15) is 37.8 Å². The first-order chi connectivity index (χ1) is 9.88. The third-order valence-electron chi connectivity index (χ3n) is 3.16. The van der Waals surface area contributed by atoms with Crippen LogP contribution >= 0.6 is 0 Å². The molecule has 0 aliphatic carbocycles. The highest BCUT2D eigenvalue weighted by Crippen LogP contribution is 2.18. The van der Waals surface area contributed by atoms with Gasteiger partial charge in [0.15, 0.2) is 0 Å². The predicted octanol–water partition coefficient (Wildman–Crippen LogP) is 2.31. The van der Waals surface area contributed by atoms with E-state index in [-0.39, 0.29) is 5.56 Å². The number of carbonyl (C=O) groups excluding carboxylic acids is 1. The molecule has 21 heavy (non-hydrogen) atoms. The number of aromatic carboxylic acids is 1. The number of carboxylic acid groups (broad SMARTS) is 1. The Morgan fingerprint density at radius 3 is 2.48 bits per heavy atom. The molecule has 2 aromatic rings. The molecule has 0 atom stereocenters. The molecule has 0 unspecified atom stereocenters. The summed E-state index contributed by atoms with van der Waals surface area (Å²) in [5.74, 6) is -0.572. The van der Waals surface area contributed by atoms with Gasteiger partial charge in [-0.05, 0) is 43.7 Å². The van der Waals surface area contributed by atoms with Crippen LogP contribution in [0, 0.1) is 13.8 Å². The third-order valence-corrected chi connectivity index (χ3v) is 3.16. The molecule has 1 amide bonds. The van der Waals surface area contributed by atoms with Crippen molar-refractivity contribution in [2.45, 2.75) is 20.4 Å². The molecule has 0 saturated heterocycles. The van der Waals surface area contributed by atoms with Crippen LogP contribution in [0.25, 0.3) is 0 Å². The highest BCUT2D eigenvalue weighted by molar-refractivity contribution is 5.94. The number of anilines is 1. The van der Waals surface area contributed by atoms with Crippen molar-refractivity contribution in [3.8, 4) is 0 Å². The van der Waals surface area contributed by atoms with E-state index in [9.17, 15) is 9.59 Å². The van der Waals surface area contributed by atoms with Gasteiger partial charge in [-0.15, -0.1) is 0 Å². The van der Waals surface area contributed by atoms with Crippen molar-refractivity contribution in [3.63, 3.8) is 0 Å². The van der Waals surface area contributed by atoms with E-state index in [1.807, 2.05) is 0 Å². The van der Waals surface area contributed by atoms with Gasteiger partial charge in [-0.1, -0.05) is 0 Å². The van der Waals surface area contributed by atoms with Gasteiger partial charge in [0.1, 0.15) is 17.1 Å². The summed E-state index contributed by atoms with van der Waals surface area (Å²) in [7, 11) is 0. The van der Waals surface area contributed by atoms with Crippen LogP contribution in [-0.2, 0) is 6.54 Å². The van der Waals surface area contributed by atoms with Crippen LogP contribution in [0.2, 0.25) is 0 Å². The quantitative estimate of drug-likeness (QED) is 0.782. The molecule has 110 valence electrons. The summed E-state index contributed by atoms with van der Waals surface area (Å²) in [5.41, 5.74) is 7.45. The Kier molecular flexibility index (Phi) is 3.98. The summed E-state index contributed by atoms with van der Waals surface area (Å²) in [6.07, 6.45) is 0. The van der Waals surface area contributed by atoms with Gasteiger partial charge in [-0.2, -0.15) is 0 Å². The second-order valence-electron chi connectivity index (χ2n) is 4.74. The largest absolute Gasteiger partial charge is 0.478 e. The normalized spacial score (nSPS) is 10.4. The van der Waals surface area contributed by atoms with Crippen LogP contribution in [0.15, 0.2) is 28.7 Å². The van der Waals surface area contributed by atoms with Crippen molar-refractivity contribution in [2.24, 2.45) is 5.73 Å². The minimum Gasteiger partial charge on any atom is -0.478 e. The number of carboxylic acids is 1. The van der Waals surface area contributed by atoms with Crippen molar-refractivity contribution in [1.82, 2.24) is 0 Å². The average Bonchev–Trinajstić information content (AvgIpc) is 2.77. The smallest absolute Gasteiger partial charge is 0.339 e. The summed E-state index contributed by atoms with van der Waals surface area (Å²) in [6.45, 7) is 3.76. The van der Waals surface area contributed by atoms with E-state index in [4.69, 9.17) is 15.3 Å². The molecule has 6 nitrogen and oxygen atoms in total. The summed E-state index contributed by atoms with van der Waals surface area (Å²) in [6, 6.07) is 6.68. The number of nitrogens with one attached hydrogen (secondary N) is 1. The van der Waals surface area contributed by atoms with Gasteiger partial charge in [0.25, 0.3) is 0 Å². The molecule has 0 fully saturated rings. The predicted molar refractivity (Wildman–Crippen MR) is 77.4 cm³/mol. The maximum absolute atomic E-state index is 11.1. The molecule has 1 aromatic heterocycles. The number of amides is 1. The molecule has 6 heteroatoms. The maximum atomic E-state index is 11.1. The highest BCUT2D eigenvalue weighted by atomic mass is 16.4. The average molecular weight is 288 g/mol. The van der Waals surface area contributed by atoms with E-state index in [2.05, 4.69) is 5.32 Å². The Bertz CT molecular complexity index is 704. The fourth-order valence-corrected chi connectivity index (χ4v) is 2.08. The van der Waals surface area contributed by atoms with E-state index in [1.54, 1.807) is 32.0 Å². The van der Waals surface area contributed by atoms with Gasteiger partial charge in [0.05, 0.1) is 6.54 Å². The molecule has 0 saturated carbocycles. The lowest BCUT2D eigenvalue weighted by atomic mass is 10.1. The van der Waals surface area contributed by atoms with Crippen LogP contribution in [0.5, 0.6) is 0 Å². The van der Waals surface area contributed by atoms with Crippen molar-refractivity contribution < 1.29 is 19.1 Å². The Morgan fingerprint density at radius 1 is 1.24 bits per heavy atom. The topological polar surface area (TPSA) is 106 Å². The first kappa shape index (κ1) is 14.6. The molecule has 0 aliphatic rings. The number of carbonyl (C=O) groups is 2. The van der Waals surface area contributed by atoms with Gasteiger partial charge in [0.2, 0.25) is 5.91 Å². The van der Waals surface area contributed by atoms with E-state index in [1.165, 1.54) is 6.07 Å². The number of benzene rings is 1. The molecule has 2 rings (SSSR count). The summed E-state index contributed by atoms with van der Waals surface area (Å²) in [5, 5.41) is 12.1.